The molecule has 0 saturated heterocycles. The highest BCUT2D eigenvalue weighted by molar-refractivity contribution is 6.30. The van der Waals surface area contributed by atoms with Crippen molar-refractivity contribution in [3.63, 3.8) is 0 Å². The predicted molar refractivity (Wildman–Crippen MR) is 72.1 cm³/mol. The van der Waals surface area contributed by atoms with E-state index in [1.54, 1.807) is 12.1 Å². The van der Waals surface area contributed by atoms with Gasteiger partial charge in [0.25, 0.3) is 0 Å². The van der Waals surface area contributed by atoms with Gasteiger partial charge in [-0.1, -0.05) is 11.6 Å². The molecule has 3 rings (SSSR count). The van der Waals surface area contributed by atoms with Crippen molar-refractivity contribution in [3.05, 3.63) is 57.3 Å². The van der Waals surface area contributed by atoms with Gasteiger partial charge < -0.3 is 5.11 Å². The molecule has 0 spiro atoms. The molecule has 0 saturated carbocycles. The highest BCUT2D eigenvalue weighted by Crippen LogP contribution is 2.23. The number of hydrogen-bond acceptors (Lipinski definition) is 4. The van der Waals surface area contributed by atoms with E-state index in [4.69, 9.17) is 16.9 Å². The molecule has 6 nitrogen and oxygen atoms in total. The number of benzene rings is 1. The minimum Gasteiger partial charge on any atom is -0.506 e. The van der Waals surface area contributed by atoms with E-state index in [2.05, 4.69) is 5.10 Å². The smallest absolute Gasteiger partial charge is 0.355 e. The molecule has 0 aliphatic heterocycles. The Hall–Kier alpha value is -2.85. The fourth-order valence-electron chi connectivity index (χ4n) is 1.91. The molecule has 0 aliphatic carbocycles. The van der Waals surface area contributed by atoms with Crippen molar-refractivity contribution in [2.24, 2.45) is 0 Å². The normalized spacial score (nSPS) is 10.7. The van der Waals surface area contributed by atoms with Crippen LogP contribution >= 0.6 is 11.6 Å². The third-order valence-corrected chi connectivity index (χ3v) is 3.12. The van der Waals surface area contributed by atoms with Gasteiger partial charge in [-0.05, 0) is 18.2 Å². The first-order chi connectivity index (χ1) is 10.0. The molecule has 104 valence electrons. The topological polar surface area (TPSA) is 83.3 Å². The van der Waals surface area contributed by atoms with Gasteiger partial charge in [0.15, 0.2) is 11.5 Å². The molecule has 8 heteroatoms. The van der Waals surface area contributed by atoms with E-state index in [0.717, 1.165) is 21.2 Å². The van der Waals surface area contributed by atoms with E-state index < -0.39 is 17.3 Å². The number of nitrogens with zero attached hydrogens (tertiary/aromatic N) is 4. The standard InChI is InChI=1S/C13H6ClFN4O2/c14-8-1-2-12-17-19(13(21)18(12)6-8)10-4-11(20)7(5-16)3-9(10)15/h1-4,6,20H. The lowest BCUT2D eigenvalue weighted by molar-refractivity contribution is 0.470. The van der Waals surface area contributed by atoms with Crippen LogP contribution in [-0.4, -0.2) is 19.3 Å². The number of fused-ring (bicyclic) bond motifs is 1. The summed E-state index contributed by atoms with van der Waals surface area (Å²) in [7, 11) is 0. The third kappa shape index (κ3) is 2.02. The zero-order valence-corrected chi connectivity index (χ0v) is 11.0. The number of aromatic nitrogens is 3. The van der Waals surface area contributed by atoms with Crippen molar-refractivity contribution in [1.29, 1.82) is 5.26 Å². The maximum absolute atomic E-state index is 14.0. The number of phenols is 1. The Morgan fingerprint density at radius 3 is 2.86 bits per heavy atom. The Balaban J connectivity index is 2.31. The van der Waals surface area contributed by atoms with Crippen LogP contribution < -0.4 is 5.69 Å². The van der Waals surface area contributed by atoms with Crippen LogP contribution in [0, 0.1) is 17.1 Å². The maximum Gasteiger partial charge on any atom is 0.355 e. The molecular formula is C13H6ClFN4O2. The summed E-state index contributed by atoms with van der Waals surface area (Å²) in [5, 5.41) is 22.6. The summed E-state index contributed by atoms with van der Waals surface area (Å²) in [5.74, 6) is -1.28. The van der Waals surface area contributed by atoms with E-state index in [1.807, 2.05) is 0 Å². The molecule has 0 aliphatic rings. The minimum absolute atomic E-state index is 0.226. The molecule has 1 N–H and O–H groups in total. The summed E-state index contributed by atoms with van der Waals surface area (Å²) in [5.41, 5.74) is -0.851. The van der Waals surface area contributed by atoms with E-state index >= 15 is 0 Å². The minimum atomic E-state index is -0.846. The van der Waals surface area contributed by atoms with Crippen LogP contribution in [0.2, 0.25) is 5.02 Å². The second-order valence-corrected chi connectivity index (χ2v) is 4.64. The maximum atomic E-state index is 14.0. The Labute approximate surface area is 121 Å². The largest absolute Gasteiger partial charge is 0.506 e. The number of hydrogen-bond donors (Lipinski definition) is 1. The quantitative estimate of drug-likeness (QED) is 0.743. The van der Waals surface area contributed by atoms with Gasteiger partial charge in [-0.25, -0.2) is 13.6 Å². The number of nitriles is 1. The summed E-state index contributed by atoms with van der Waals surface area (Å²) in [6, 6.07) is 6.50. The van der Waals surface area contributed by atoms with Gasteiger partial charge >= 0.3 is 5.69 Å². The summed E-state index contributed by atoms with van der Waals surface area (Å²) < 4.78 is 15.9. The summed E-state index contributed by atoms with van der Waals surface area (Å²) in [6.45, 7) is 0. The highest BCUT2D eigenvalue weighted by atomic mass is 35.5. The molecule has 3 aromatic rings. The molecule has 21 heavy (non-hydrogen) atoms. The lowest BCUT2D eigenvalue weighted by atomic mass is 10.2. The van der Waals surface area contributed by atoms with Crippen molar-refractivity contribution >= 4 is 17.2 Å². The molecule has 0 bridgehead atoms. The number of pyridine rings is 1. The van der Waals surface area contributed by atoms with Gasteiger partial charge in [-0.15, -0.1) is 5.10 Å². The van der Waals surface area contributed by atoms with Gasteiger partial charge in [0.05, 0.1) is 10.6 Å². The molecule has 0 radical (unpaired) electrons. The summed E-state index contributed by atoms with van der Waals surface area (Å²) in [6.07, 6.45) is 1.35. The second-order valence-electron chi connectivity index (χ2n) is 4.20. The van der Waals surface area contributed by atoms with Crippen LogP contribution in [0.3, 0.4) is 0 Å². The zero-order valence-electron chi connectivity index (χ0n) is 10.3. The Morgan fingerprint density at radius 1 is 1.38 bits per heavy atom. The third-order valence-electron chi connectivity index (χ3n) is 2.89. The van der Waals surface area contributed by atoms with Gasteiger partial charge in [0.1, 0.15) is 17.5 Å². The molecule has 0 amide bonds. The van der Waals surface area contributed by atoms with E-state index in [1.165, 1.54) is 12.3 Å². The molecule has 0 fully saturated rings. The zero-order chi connectivity index (χ0) is 15.1. The number of halogens is 2. The fraction of sp³-hybridized carbons (Fsp3) is 0. The number of phenolic OH excluding ortho intramolecular Hbond substituents is 1. The Bertz CT molecular complexity index is 971. The van der Waals surface area contributed by atoms with Crippen LogP contribution in [0.4, 0.5) is 4.39 Å². The van der Waals surface area contributed by atoms with Crippen molar-refractivity contribution in [1.82, 2.24) is 14.2 Å². The Morgan fingerprint density at radius 2 is 2.14 bits per heavy atom. The highest BCUT2D eigenvalue weighted by Gasteiger charge is 2.16. The van der Waals surface area contributed by atoms with Crippen LogP contribution in [0.1, 0.15) is 5.56 Å². The van der Waals surface area contributed by atoms with Gasteiger partial charge in [-0.3, -0.25) is 0 Å². The molecule has 2 aromatic heterocycles. The molecule has 2 heterocycles. The monoisotopic (exact) mass is 304 g/mol. The summed E-state index contributed by atoms with van der Waals surface area (Å²) in [4.78, 5) is 12.2. The van der Waals surface area contributed by atoms with Crippen molar-refractivity contribution in [2.75, 3.05) is 0 Å². The van der Waals surface area contributed by atoms with Crippen molar-refractivity contribution in [2.45, 2.75) is 0 Å². The lowest BCUT2D eigenvalue weighted by Gasteiger charge is -2.03. The number of rotatable bonds is 1. The average Bonchev–Trinajstić information content (AvgIpc) is 2.78. The van der Waals surface area contributed by atoms with Crippen molar-refractivity contribution in [3.8, 4) is 17.5 Å². The second kappa shape index (κ2) is 4.61. The van der Waals surface area contributed by atoms with Gasteiger partial charge in [-0.2, -0.15) is 9.94 Å². The SMILES string of the molecule is N#Cc1cc(F)c(-n2nc3ccc(Cl)cn3c2=O)cc1O. The van der Waals surface area contributed by atoms with Gasteiger partial charge in [0.2, 0.25) is 0 Å². The first-order valence-electron chi connectivity index (χ1n) is 5.71. The number of aromatic hydroxyl groups is 1. The first kappa shape index (κ1) is 13.1. The fourth-order valence-corrected chi connectivity index (χ4v) is 2.07. The van der Waals surface area contributed by atoms with Crippen LogP contribution in [0.15, 0.2) is 35.3 Å². The van der Waals surface area contributed by atoms with E-state index in [-0.39, 0.29) is 16.9 Å². The Kier molecular flexibility index (Phi) is 2.89. The van der Waals surface area contributed by atoms with Crippen LogP contribution in [0.5, 0.6) is 5.75 Å². The van der Waals surface area contributed by atoms with E-state index in [0.29, 0.717) is 5.02 Å². The first-order valence-corrected chi connectivity index (χ1v) is 6.09. The van der Waals surface area contributed by atoms with Crippen LogP contribution in [0.25, 0.3) is 11.3 Å². The molecule has 0 unspecified atom stereocenters. The van der Waals surface area contributed by atoms with Crippen LogP contribution in [-0.2, 0) is 0 Å². The van der Waals surface area contributed by atoms with Crippen molar-refractivity contribution < 1.29 is 9.50 Å². The van der Waals surface area contributed by atoms with Gasteiger partial charge in [0, 0.05) is 12.3 Å². The van der Waals surface area contributed by atoms with E-state index in [9.17, 15) is 14.3 Å². The lowest BCUT2D eigenvalue weighted by Crippen LogP contribution is -2.20. The molecule has 1 aromatic carbocycles. The molecule has 0 atom stereocenters. The predicted octanol–water partition coefficient (Wildman–Crippen LogP) is 1.85. The summed E-state index contributed by atoms with van der Waals surface area (Å²) >= 11 is 5.80. The average molecular weight is 305 g/mol. The molecular weight excluding hydrogens is 299 g/mol.